The number of carbonyl (C=O) groups is 1. The summed E-state index contributed by atoms with van der Waals surface area (Å²) >= 11 is 12.5. The fraction of sp³-hybridized carbons (Fsp3) is 0.111. The number of nitrogens with zero attached hydrogens (tertiary/aromatic N) is 2. The lowest BCUT2D eigenvalue weighted by Crippen LogP contribution is -2.13. The first kappa shape index (κ1) is 22.3. The zero-order chi connectivity index (χ0) is 23.7. The van der Waals surface area contributed by atoms with Crippen molar-refractivity contribution in [2.45, 2.75) is 13.5 Å². The average molecular weight is 490 g/mol. The van der Waals surface area contributed by atoms with Crippen molar-refractivity contribution >= 4 is 56.6 Å². The number of aromatic nitrogens is 2. The smallest absolute Gasteiger partial charge is 0.256 e. The summed E-state index contributed by atoms with van der Waals surface area (Å²) in [6.07, 6.45) is 2.89. The van der Waals surface area contributed by atoms with Crippen LogP contribution in [0, 0.1) is 0 Å². The van der Waals surface area contributed by atoms with Crippen LogP contribution in [0.15, 0.2) is 79.1 Å². The lowest BCUT2D eigenvalue weighted by atomic mass is 10.0. The number of fused-ring (bicyclic) bond motifs is 3. The van der Waals surface area contributed by atoms with Gasteiger partial charge in [0, 0.05) is 40.8 Å². The molecule has 0 fully saturated rings. The molecule has 0 radical (unpaired) electrons. The van der Waals surface area contributed by atoms with Crippen LogP contribution in [-0.4, -0.2) is 22.1 Å². The zero-order valence-corrected chi connectivity index (χ0v) is 19.9. The number of ether oxygens (including phenoxy) is 1. The van der Waals surface area contributed by atoms with E-state index in [-0.39, 0.29) is 16.0 Å². The molecule has 2 heterocycles. The molecule has 0 aliphatic carbocycles. The molecule has 7 heteroatoms. The Morgan fingerprint density at radius 2 is 1.68 bits per heavy atom. The molecule has 3 aromatic carbocycles. The first-order valence-corrected chi connectivity index (χ1v) is 11.6. The van der Waals surface area contributed by atoms with Crippen molar-refractivity contribution in [1.29, 1.82) is 0 Å². The summed E-state index contributed by atoms with van der Waals surface area (Å²) in [4.78, 5) is 17.5. The molecule has 0 spiro atoms. The molecule has 0 bridgehead atoms. The highest BCUT2D eigenvalue weighted by molar-refractivity contribution is 6.40. The summed E-state index contributed by atoms with van der Waals surface area (Å²) in [5, 5.41) is 5.20. The maximum atomic E-state index is 13.5. The molecular formula is C27H21Cl2N3O2. The lowest BCUT2D eigenvalue weighted by Gasteiger charge is -2.14. The lowest BCUT2D eigenvalue weighted by molar-refractivity contribution is 0.102. The fourth-order valence-electron chi connectivity index (χ4n) is 4.26. The topological polar surface area (TPSA) is 56.1 Å². The van der Waals surface area contributed by atoms with E-state index < -0.39 is 0 Å². The van der Waals surface area contributed by atoms with Crippen LogP contribution in [0.5, 0.6) is 5.75 Å². The summed E-state index contributed by atoms with van der Waals surface area (Å²) in [5.74, 6) is 0.409. The Morgan fingerprint density at radius 3 is 2.41 bits per heavy atom. The van der Waals surface area contributed by atoms with E-state index in [1.807, 2.05) is 49.4 Å². The Hall–Kier alpha value is -3.54. The van der Waals surface area contributed by atoms with Crippen molar-refractivity contribution in [3.8, 4) is 5.75 Å². The van der Waals surface area contributed by atoms with E-state index in [0.717, 1.165) is 33.1 Å². The van der Waals surface area contributed by atoms with Crippen LogP contribution in [0.2, 0.25) is 10.0 Å². The highest BCUT2D eigenvalue weighted by Gasteiger charge is 2.22. The Labute approximate surface area is 206 Å². The second kappa shape index (κ2) is 9.37. The van der Waals surface area contributed by atoms with Crippen LogP contribution in [0.25, 0.3) is 21.8 Å². The van der Waals surface area contributed by atoms with Crippen molar-refractivity contribution in [1.82, 2.24) is 9.55 Å². The molecule has 34 heavy (non-hydrogen) atoms. The van der Waals surface area contributed by atoms with Gasteiger partial charge in [-0.15, -0.1) is 0 Å². The van der Waals surface area contributed by atoms with Crippen molar-refractivity contribution in [2.75, 3.05) is 11.9 Å². The van der Waals surface area contributed by atoms with E-state index in [1.165, 1.54) is 12.4 Å². The second-order valence-corrected chi connectivity index (χ2v) is 8.60. The molecule has 170 valence electrons. The zero-order valence-electron chi connectivity index (χ0n) is 18.4. The average Bonchev–Trinajstić information content (AvgIpc) is 3.17. The molecule has 1 amide bonds. The van der Waals surface area contributed by atoms with Gasteiger partial charge in [0.05, 0.1) is 27.9 Å². The number of halogens is 2. The van der Waals surface area contributed by atoms with Crippen molar-refractivity contribution in [3.05, 3.63) is 100 Å². The Bertz CT molecular complexity index is 1490. The van der Waals surface area contributed by atoms with Gasteiger partial charge in [-0.2, -0.15) is 0 Å². The molecular weight excluding hydrogens is 469 g/mol. The van der Waals surface area contributed by atoms with Gasteiger partial charge in [-0.05, 0) is 30.7 Å². The largest absolute Gasteiger partial charge is 0.492 e. The van der Waals surface area contributed by atoms with E-state index in [1.54, 1.807) is 6.07 Å². The number of hydrogen-bond donors (Lipinski definition) is 1. The van der Waals surface area contributed by atoms with Crippen LogP contribution >= 0.6 is 23.2 Å². The van der Waals surface area contributed by atoms with E-state index in [9.17, 15) is 4.79 Å². The molecule has 0 aliphatic rings. The number of benzene rings is 3. The number of pyridine rings is 1. The van der Waals surface area contributed by atoms with E-state index in [4.69, 9.17) is 27.9 Å². The molecule has 5 aromatic rings. The third kappa shape index (κ3) is 3.98. The number of anilines is 1. The fourth-order valence-corrected chi connectivity index (χ4v) is 4.72. The number of rotatable bonds is 6. The van der Waals surface area contributed by atoms with Gasteiger partial charge >= 0.3 is 0 Å². The number of hydrogen-bond acceptors (Lipinski definition) is 3. The monoisotopic (exact) mass is 489 g/mol. The molecule has 5 rings (SSSR count). The number of nitrogens with one attached hydrogen (secondary N) is 1. The van der Waals surface area contributed by atoms with Gasteiger partial charge < -0.3 is 14.6 Å². The molecule has 0 unspecified atom stereocenters. The number of carbonyl (C=O) groups excluding carboxylic acids is 1. The van der Waals surface area contributed by atoms with Gasteiger partial charge in [-0.1, -0.05) is 71.7 Å². The summed E-state index contributed by atoms with van der Waals surface area (Å²) in [5.41, 5.74) is 3.87. The van der Waals surface area contributed by atoms with Crippen LogP contribution < -0.4 is 10.1 Å². The Morgan fingerprint density at radius 1 is 0.971 bits per heavy atom. The van der Waals surface area contributed by atoms with Gasteiger partial charge in [0.2, 0.25) is 0 Å². The quantitative estimate of drug-likeness (QED) is 0.274. The highest BCUT2D eigenvalue weighted by atomic mass is 35.5. The predicted octanol–water partition coefficient (Wildman–Crippen LogP) is 7.20. The third-order valence-electron chi connectivity index (χ3n) is 5.69. The van der Waals surface area contributed by atoms with Crippen LogP contribution in [-0.2, 0) is 6.54 Å². The predicted molar refractivity (Wildman–Crippen MR) is 138 cm³/mol. The number of amides is 1. The minimum atomic E-state index is -0.314. The minimum absolute atomic E-state index is 0.273. The van der Waals surface area contributed by atoms with Crippen LogP contribution in [0.1, 0.15) is 22.8 Å². The van der Waals surface area contributed by atoms with Gasteiger partial charge in [-0.25, -0.2) is 0 Å². The van der Waals surface area contributed by atoms with Gasteiger partial charge in [0.15, 0.2) is 0 Å². The Balaban J connectivity index is 1.74. The van der Waals surface area contributed by atoms with Gasteiger partial charge in [-0.3, -0.25) is 9.78 Å². The van der Waals surface area contributed by atoms with Gasteiger partial charge in [0.1, 0.15) is 5.75 Å². The first-order chi connectivity index (χ1) is 16.6. The van der Waals surface area contributed by atoms with E-state index in [2.05, 4.69) is 33.1 Å². The Kier molecular flexibility index (Phi) is 6.14. The van der Waals surface area contributed by atoms with Crippen molar-refractivity contribution in [3.63, 3.8) is 0 Å². The minimum Gasteiger partial charge on any atom is -0.492 e. The molecule has 0 saturated carbocycles. The van der Waals surface area contributed by atoms with Gasteiger partial charge in [0.25, 0.3) is 5.91 Å². The second-order valence-electron chi connectivity index (χ2n) is 7.79. The molecule has 0 atom stereocenters. The standard InChI is InChI=1S/C27H21Cl2N3O2/c1-2-34-23-13-12-19(27(33)31-25-20(28)14-30-15-21(25)29)24-18-10-6-7-11-22(18)32(26(23)24)16-17-8-4-3-5-9-17/h3-15H,2,16H2,1H3,(H,30,31,33). The van der Waals surface area contributed by atoms with Crippen LogP contribution in [0.4, 0.5) is 5.69 Å². The van der Waals surface area contributed by atoms with Crippen LogP contribution in [0.3, 0.4) is 0 Å². The molecule has 5 nitrogen and oxygen atoms in total. The van der Waals surface area contributed by atoms with Crippen molar-refractivity contribution < 1.29 is 9.53 Å². The maximum absolute atomic E-state index is 13.5. The van der Waals surface area contributed by atoms with E-state index in [0.29, 0.717) is 24.4 Å². The first-order valence-electron chi connectivity index (χ1n) is 10.9. The molecule has 1 N–H and O–H groups in total. The third-order valence-corrected chi connectivity index (χ3v) is 6.27. The molecule has 2 aromatic heterocycles. The maximum Gasteiger partial charge on any atom is 0.256 e. The summed E-state index contributed by atoms with van der Waals surface area (Å²) in [7, 11) is 0. The number of para-hydroxylation sites is 1. The normalized spacial score (nSPS) is 11.1. The summed E-state index contributed by atoms with van der Waals surface area (Å²) in [6.45, 7) is 3.10. The molecule has 0 saturated heterocycles. The van der Waals surface area contributed by atoms with Crippen molar-refractivity contribution in [2.24, 2.45) is 0 Å². The summed E-state index contributed by atoms with van der Waals surface area (Å²) in [6, 6.07) is 21.9. The highest BCUT2D eigenvalue weighted by Crippen LogP contribution is 2.39. The van der Waals surface area contributed by atoms with E-state index >= 15 is 0 Å². The molecule has 0 aliphatic heterocycles. The SMILES string of the molecule is CCOc1ccc(C(=O)Nc2c(Cl)cncc2Cl)c2c3ccccc3n(Cc3ccccc3)c12. The summed E-state index contributed by atoms with van der Waals surface area (Å²) < 4.78 is 8.22.